The van der Waals surface area contributed by atoms with Gasteiger partial charge >= 0.3 is 0 Å². The van der Waals surface area contributed by atoms with Gasteiger partial charge in [0.1, 0.15) is 0 Å². The second-order valence-corrected chi connectivity index (χ2v) is 7.46. The molecule has 2 heterocycles. The standard InChI is InChI=1S/C12H15N3O3S2/c1-8(2)7-9-3-4-10(19-9)11(16)15-20(17,18)12-13-5-6-14-12/h3-6,8H,7H2,1-2H3,(H,13,14)(H,15,16). The number of amides is 1. The van der Waals surface area contributed by atoms with Crippen LogP contribution in [-0.2, 0) is 16.4 Å². The number of carbonyl (C=O) groups is 1. The summed E-state index contributed by atoms with van der Waals surface area (Å²) in [5.74, 6) is -0.155. The molecule has 2 aromatic rings. The molecule has 0 saturated carbocycles. The number of thiophene rings is 1. The number of carbonyl (C=O) groups excluding carboxylic acids is 1. The number of hydrogen-bond donors (Lipinski definition) is 2. The van der Waals surface area contributed by atoms with E-state index in [-0.39, 0.29) is 5.16 Å². The van der Waals surface area contributed by atoms with Crippen molar-refractivity contribution in [3.8, 4) is 0 Å². The lowest BCUT2D eigenvalue weighted by Crippen LogP contribution is -2.30. The lowest BCUT2D eigenvalue weighted by atomic mass is 10.1. The maximum atomic E-state index is 11.9. The highest BCUT2D eigenvalue weighted by Gasteiger charge is 2.21. The zero-order chi connectivity index (χ0) is 14.8. The van der Waals surface area contributed by atoms with Crippen LogP contribution in [0, 0.1) is 5.92 Å². The summed E-state index contributed by atoms with van der Waals surface area (Å²) in [5.41, 5.74) is 0. The minimum Gasteiger partial charge on any atom is -0.334 e. The van der Waals surface area contributed by atoms with Crippen molar-refractivity contribution in [2.24, 2.45) is 5.92 Å². The van der Waals surface area contributed by atoms with Crippen LogP contribution in [0.25, 0.3) is 0 Å². The number of rotatable bonds is 5. The molecule has 0 aliphatic heterocycles. The van der Waals surface area contributed by atoms with Crippen LogP contribution in [0.4, 0.5) is 0 Å². The molecule has 0 saturated heterocycles. The summed E-state index contributed by atoms with van der Waals surface area (Å²) in [5, 5.41) is -0.273. The highest BCUT2D eigenvalue weighted by Crippen LogP contribution is 2.20. The molecule has 0 aromatic carbocycles. The van der Waals surface area contributed by atoms with Gasteiger partial charge in [0.15, 0.2) is 0 Å². The Hall–Kier alpha value is -1.67. The van der Waals surface area contributed by atoms with Crippen molar-refractivity contribution in [1.82, 2.24) is 14.7 Å². The Morgan fingerprint density at radius 1 is 1.45 bits per heavy atom. The van der Waals surface area contributed by atoms with E-state index in [9.17, 15) is 13.2 Å². The van der Waals surface area contributed by atoms with Crippen LogP contribution in [0.15, 0.2) is 29.7 Å². The molecule has 108 valence electrons. The Bertz CT molecular complexity index is 687. The molecule has 8 heteroatoms. The lowest BCUT2D eigenvalue weighted by Gasteiger charge is -2.02. The van der Waals surface area contributed by atoms with E-state index in [0.717, 1.165) is 11.3 Å². The molecule has 6 nitrogen and oxygen atoms in total. The molecule has 0 bridgehead atoms. The largest absolute Gasteiger partial charge is 0.334 e. The summed E-state index contributed by atoms with van der Waals surface area (Å²) < 4.78 is 25.7. The molecule has 0 atom stereocenters. The normalized spacial score (nSPS) is 11.8. The Labute approximate surface area is 121 Å². The zero-order valence-corrected chi connectivity index (χ0v) is 12.7. The summed E-state index contributed by atoms with van der Waals surface area (Å²) in [6, 6.07) is 3.48. The molecule has 2 rings (SSSR count). The highest BCUT2D eigenvalue weighted by molar-refractivity contribution is 7.89. The third-order valence-electron chi connectivity index (χ3n) is 2.45. The summed E-state index contributed by atoms with van der Waals surface area (Å²) in [6.45, 7) is 4.17. The van der Waals surface area contributed by atoms with Crippen LogP contribution in [0.1, 0.15) is 28.4 Å². The number of sulfonamides is 1. The second-order valence-electron chi connectivity index (χ2n) is 4.69. The van der Waals surface area contributed by atoms with Crippen LogP contribution >= 0.6 is 11.3 Å². The third kappa shape index (κ3) is 3.45. The van der Waals surface area contributed by atoms with E-state index in [1.807, 2.05) is 10.8 Å². The van der Waals surface area contributed by atoms with Gasteiger partial charge in [-0.2, -0.15) is 8.42 Å². The maximum absolute atomic E-state index is 11.9. The molecule has 0 aliphatic carbocycles. The van der Waals surface area contributed by atoms with Crippen LogP contribution < -0.4 is 4.72 Å². The van der Waals surface area contributed by atoms with Gasteiger partial charge in [-0.3, -0.25) is 4.79 Å². The molecule has 0 fully saturated rings. The quantitative estimate of drug-likeness (QED) is 0.880. The van der Waals surface area contributed by atoms with Gasteiger partial charge in [-0.1, -0.05) is 13.8 Å². The minimum absolute atomic E-state index is 0.273. The first-order valence-corrected chi connectivity index (χ1v) is 8.33. The maximum Gasteiger partial charge on any atom is 0.298 e. The van der Waals surface area contributed by atoms with Gasteiger partial charge in [0.25, 0.3) is 15.9 Å². The predicted octanol–water partition coefficient (Wildman–Crippen LogP) is 1.79. The van der Waals surface area contributed by atoms with Crippen LogP contribution in [-0.4, -0.2) is 24.3 Å². The summed E-state index contributed by atoms with van der Waals surface area (Å²) in [6.07, 6.45) is 3.55. The Balaban J connectivity index is 2.11. The molecule has 20 heavy (non-hydrogen) atoms. The molecular weight excluding hydrogens is 298 g/mol. The third-order valence-corrected chi connectivity index (χ3v) is 4.74. The summed E-state index contributed by atoms with van der Waals surface area (Å²) >= 11 is 1.30. The van der Waals surface area contributed by atoms with Gasteiger partial charge < -0.3 is 4.98 Å². The van der Waals surface area contributed by atoms with Gasteiger partial charge in [-0.05, 0) is 24.5 Å². The second kappa shape index (κ2) is 5.76. The summed E-state index contributed by atoms with van der Waals surface area (Å²) in [7, 11) is -3.94. The monoisotopic (exact) mass is 313 g/mol. The predicted molar refractivity (Wildman–Crippen MR) is 76.1 cm³/mol. The van der Waals surface area contributed by atoms with E-state index in [4.69, 9.17) is 0 Å². The van der Waals surface area contributed by atoms with Crippen molar-refractivity contribution in [2.75, 3.05) is 0 Å². The first-order valence-electron chi connectivity index (χ1n) is 6.03. The average Bonchev–Trinajstić information content (AvgIpc) is 2.97. The first-order chi connectivity index (χ1) is 9.38. The molecule has 0 spiro atoms. The molecule has 2 N–H and O–H groups in total. The van der Waals surface area contributed by atoms with Gasteiger partial charge in [-0.15, -0.1) is 11.3 Å². The van der Waals surface area contributed by atoms with E-state index >= 15 is 0 Å². The van der Waals surface area contributed by atoms with E-state index in [2.05, 4.69) is 23.8 Å². The van der Waals surface area contributed by atoms with Crippen LogP contribution in [0.3, 0.4) is 0 Å². The van der Waals surface area contributed by atoms with E-state index in [1.54, 1.807) is 6.07 Å². The Morgan fingerprint density at radius 3 is 2.80 bits per heavy atom. The average molecular weight is 313 g/mol. The molecule has 0 radical (unpaired) electrons. The summed E-state index contributed by atoms with van der Waals surface area (Å²) in [4.78, 5) is 19.4. The van der Waals surface area contributed by atoms with Crippen LogP contribution in [0.5, 0.6) is 0 Å². The topological polar surface area (TPSA) is 91.9 Å². The van der Waals surface area contributed by atoms with E-state index in [0.29, 0.717) is 10.8 Å². The number of aromatic nitrogens is 2. The van der Waals surface area contributed by atoms with Crippen molar-refractivity contribution < 1.29 is 13.2 Å². The number of nitrogens with zero attached hydrogens (tertiary/aromatic N) is 1. The van der Waals surface area contributed by atoms with Crippen molar-refractivity contribution in [2.45, 2.75) is 25.4 Å². The highest BCUT2D eigenvalue weighted by atomic mass is 32.2. The zero-order valence-electron chi connectivity index (χ0n) is 11.1. The molecule has 0 unspecified atom stereocenters. The van der Waals surface area contributed by atoms with Crippen molar-refractivity contribution >= 4 is 27.3 Å². The first kappa shape index (κ1) is 14.7. The number of aromatic amines is 1. The van der Waals surface area contributed by atoms with Gasteiger partial charge in [-0.25, -0.2) is 9.71 Å². The van der Waals surface area contributed by atoms with Gasteiger partial charge in [0.05, 0.1) is 4.88 Å². The van der Waals surface area contributed by atoms with E-state index in [1.165, 1.54) is 23.7 Å². The SMILES string of the molecule is CC(C)Cc1ccc(C(=O)NS(=O)(=O)c2ncc[nH]2)s1. The molecule has 2 aromatic heterocycles. The van der Waals surface area contributed by atoms with Crippen molar-refractivity contribution in [1.29, 1.82) is 0 Å². The lowest BCUT2D eigenvalue weighted by molar-refractivity contribution is 0.0985. The molecular formula is C12H15N3O3S2. The number of nitrogens with one attached hydrogen (secondary N) is 2. The van der Waals surface area contributed by atoms with Gasteiger partial charge in [0, 0.05) is 17.3 Å². The van der Waals surface area contributed by atoms with E-state index < -0.39 is 15.9 Å². The number of H-pyrrole nitrogens is 1. The molecule has 0 aliphatic rings. The fourth-order valence-electron chi connectivity index (χ4n) is 1.63. The van der Waals surface area contributed by atoms with Crippen molar-refractivity contribution in [3.05, 3.63) is 34.3 Å². The smallest absolute Gasteiger partial charge is 0.298 e. The van der Waals surface area contributed by atoms with Crippen LogP contribution in [0.2, 0.25) is 0 Å². The Kier molecular flexibility index (Phi) is 4.24. The Morgan fingerprint density at radius 2 is 2.20 bits per heavy atom. The molecule has 1 amide bonds. The fraction of sp³-hybridized carbons (Fsp3) is 0.333. The number of imidazole rings is 1. The minimum atomic E-state index is -3.94. The fourth-order valence-corrected chi connectivity index (χ4v) is 3.68. The van der Waals surface area contributed by atoms with Crippen molar-refractivity contribution in [3.63, 3.8) is 0 Å². The van der Waals surface area contributed by atoms with Gasteiger partial charge in [0.2, 0.25) is 5.16 Å². The number of hydrogen-bond acceptors (Lipinski definition) is 5.